The monoisotopic (exact) mass is 264 g/mol. The van der Waals surface area contributed by atoms with Crippen LogP contribution >= 0.6 is 0 Å². The maximum atomic E-state index is 5.90. The van der Waals surface area contributed by atoms with Crippen LogP contribution in [0.5, 0.6) is 5.75 Å². The second-order valence-corrected chi connectivity index (χ2v) is 10.8. The zero-order chi connectivity index (χ0) is 13.4. The molecule has 0 saturated carbocycles. The van der Waals surface area contributed by atoms with Gasteiger partial charge in [0.25, 0.3) is 0 Å². The highest BCUT2D eigenvalue weighted by molar-refractivity contribution is 6.79. The highest BCUT2D eigenvalue weighted by Gasteiger charge is 2.26. The van der Waals surface area contributed by atoms with Gasteiger partial charge in [0, 0.05) is 0 Å². The summed E-state index contributed by atoms with van der Waals surface area (Å²) in [6.07, 6.45) is 1.10. The summed E-state index contributed by atoms with van der Waals surface area (Å²) in [7, 11) is -1.01. The summed E-state index contributed by atoms with van der Waals surface area (Å²) in [4.78, 5) is 0. The lowest BCUT2D eigenvalue weighted by Crippen LogP contribution is -2.33. The Morgan fingerprint density at radius 1 is 0.889 bits per heavy atom. The predicted octanol–water partition coefficient (Wildman–Crippen LogP) is 5.14. The molecule has 1 nitrogen and oxygen atoms in total. The molecule has 0 N–H and O–H groups in total. The number of ether oxygens (including phenoxy) is 1. The van der Waals surface area contributed by atoms with Gasteiger partial charge >= 0.3 is 0 Å². The van der Waals surface area contributed by atoms with Crippen molar-refractivity contribution >= 4 is 8.07 Å². The summed E-state index contributed by atoms with van der Waals surface area (Å²) in [6.45, 7) is 10.1. The van der Waals surface area contributed by atoms with Gasteiger partial charge in [-0.3, -0.25) is 0 Å². The summed E-state index contributed by atoms with van der Waals surface area (Å²) in [6, 6.07) is 14.0. The number of hydrogen-bond acceptors (Lipinski definition) is 1. The molecule has 0 saturated heterocycles. The Balaban J connectivity index is 2.44. The van der Waals surface area contributed by atoms with Crippen LogP contribution in [0.2, 0.25) is 24.2 Å². The van der Waals surface area contributed by atoms with Gasteiger partial charge in [-0.25, -0.2) is 0 Å². The van der Waals surface area contributed by atoms with Crippen molar-refractivity contribution in [3.05, 3.63) is 29.8 Å². The molecule has 0 aliphatic heterocycles. The zero-order valence-electron chi connectivity index (χ0n) is 12.5. The zero-order valence-corrected chi connectivity index (χ0v) is 13.5. The van der Waals surface area contributed by atoms with E-state index in [1.165, 1.54) is 29.7 Å². The SMILES string of the molecule is CCc1ccc(OCC[Si](CC)(CC)CC)cc1. The summed E-state index contributed by atoms with van der Waals surface area (Å²) in [5, 5.41) is 0. The third kappa shape index (κ3) is 4.16. The first kappa shape index (κ1) is 15.3. The lowest BCUT2D eigenvalue weighted by Gasteiger charge is -2.27. The number of hydrogen-bond donors (Lipinski definition) is 0. The van der Waals surface area contributed by atoms with Crippen molar-refractivity contribution in [1.29, 1.82) is 0 Å². The fraction of sp³-hybridized carbons (Fsp3) is 0.625. The third-order valence-electron chi connectivity index (χ3n) is 4.48. The van der Waals surface area contributed by atoms with Crippen molar-refractivity contribution in [2.75, 3.05) is 6.61 Å². The van der Waals surface area contributed by atoms with E-state index in [2.05, 4.69) is 52.0 Å². The Labute approximate surface area is 114 Å². The van der Waals surface area contributed by atoms with Crippen LogP contribution in [0.15, 0.2) is 24.3 Å². The molecule has 0 atom stereocenters. The van der Waals surface area contributed by atoms with Crippen molar-refractivity contribution in [3.63, 3.8) is 0 Å². The summed E-state index contributed by atoms with van der Waals surface area (Å²) < 4.78 is 5.90. The molecule has 0 amide bonds. The normalized spacial score (nSPS) is 11.6. The van der Waals surface area contributed by atoms with E-state index in [-0.39, 0.29) is 0 Å². The molecule has 18 heavy (non-hydrogen) atoms. The van der Waals surface area contributed by atoms with Gasteiger partial charge in [0.2, 0.25) is 0 Å². The van der Waals surface area contributed by atoms with Crippen LogP contribution in [0.3, 0.4) is 0 Å². The largest absolute Gasteiger partial charge is 0.494 e. The van der Waals surface area contributed by atoms with Gasteiger partial charge in [-0.05, 0) is 30.2 Å². The first-order valence-electron chi connectivity index (χ1n) is 7.41. The Bertz CT molecular complexity index is 319. The highest BCUT2D eigenvalue weighted by atomic mass is 28.3. The topological polar surface area (TPSA) is 9.23 Å². The van der Waals surface area contributed by atoms with Crippen molar-refractivity contribution < 1.29 is 4.74 Å². The summed E-state index contributed by atoms with van der Waals surface area (Å²) in [5.41, 5.74) is 1.38. The van der Waals surface area contributed by atoms with E-state index < -0.39 is 8.07 Å². The van der Waals surface area contributed by atoms with Gasteiger partial charge in [0.15, 0.2) is 0 Å². The molecule has 0 aliphatic carbocycles. The lowest BCUT2D eigenvalue weighted by molar-refractivity contribution is 0.337. The standard InChI is InChI=1S/C16H28OSi/c1-5-15-9-11-16(12-10-15)17-13-14-18(6-2,7-3)8-4/h9-12H,5-8,13-14H2,1-4H3. The van der Waals surface area contributed by atoms with Crippen molar-refractivity contribution in [2.45, 2.75) is 58.3 Å². The molecule has 0 radical (unpaired) electrons. The van der Waals surface area contributed by atoms with Crippen LogP contribution in [0.1, 0.15) is 33.3 Å². The van der Waals surface area contributed by atoms with Crippen LogP contribution in [0.4, 0.5) is 0 Å². The van der Waals surface area contributed by atoms with Crippen LogP contribution in [-0.2, 0) is 6.42 Å². The average molecular weight is 264 g/mol. The van der Waals surface area contributed by atoms with Gasteiger partial charge in [0.05, 0.1) is 14.7 Å². The van der Waals surface area contributed by atoms with Crippen LogP contribution in [0.25, 0.3) is 0 Å². The van der Waals surface area contributed by atoms with E-state index in [1.54, 1.807) is 0 Å². The molecule has 1 aromatic rings. The minimum Gasteiger partial charge on any atom is -0.494 e. The smallest absolute Gasteiger partial charge is 0.119 e. The van der Waals surface area contributed by atoms with Gasteiger partial charge in [-0.15, -0.1) is 0 Å². The Morgan fingerprint density at radius 3 is 1.89 bits per heavy atom. The molecule has 1 rings (SSSR count). The number of benzene rings is 1. The number of rotatable bonds is 8. The van der Waals surface area contributed by atoms with Crippen LogP contribution in [-0.4, -0.2) is 14.7 Å². The van der Waals surface area contributed by atoms with E-state index in [0.717, 1.165) is 18.8 Å². The second kappa shape index (κ2) is 7.62. The average Bonchev–Trinajstić information content (AvgIpc) is 2.45. The highest BCUT2D eigenvalue weighted by Crippen LogP contribution is 2.25. The summed E-state index contributed by atoms with van der Waals surface area (Å²) >= 11 is 0. The first-order valence-corrected chi connectivity index (χ1v) is 10.2. The molecule has 0 spiro atoms. The van der Waals surface area contributed by atoms with Crippen molar-refractivity contribution in [2.24, 2.45) is 0 Å². The van der Waals surface area contributed by atoms with E-state index in [0.29, 0.717) is 0 Å². The molecule has 102 valence electrons. The quantitative estimate of drug-likeness (QED) is 0.591. The Hall–Kier alpha value is -0.763. The molecule has 0 aliphatic rings. The minimum absolute atomic E-state index is 0.896. The van der Waals surface area contributed by atoms with Crippen molar-refractivity contribution in [3.8, 4) is 5.75 Å². The molecule has 0 unspecified atom stereocenters. The lowest BCUT2D eigenvalue weighted by atomic mass is 10.2. The van der Waals surface area contributed by atoms with Crippen LogP contribution in [0, 0.1) is 0 Å². The van der Waals surface area contributed by atoms with Crippen LogP contribution < -0.4 is 4.74 Å². The van der Waals surface area contributed by atoms with Gasteiger partial charge in [-0.1, -0.05) is 58.0 Å². The first-order chi connectivity index (χ1) is 8.69. The van der Waals surface area contributed by atoms with Gasteiger partial charge in [0.1, 0.15) is 5.75 Å². The fourth-order valence-corrected chi connectivity index (χ4v) is 5.58. The van der Waals surface area contributed by atoms with E-state index in [9.17, 15) is 0 Å². The van der Waals surface area contributed by atoms with Gasteiger partial charge < -0.3 is 4.74 Å². The molecule has 0 heterocycles. The van der Waals surface area contributed by atoms with Gasteiger partial charge in [-0.2, -0.15) is 0 Å². The maximum absolute atomic E-state index is 5.90. The third-order valence-corrected chi connectivity index (χ3v) is 10.2. The fourth-order valence-electron chi connectivity index (χ4n) is 2.49. The maximum Gasteiger partial charge on any atom is 0.119 e. The Kier molecular flexibility index (Phi) is 6.48. The molecule has 2 heteroatoms. The molecular formula is C16H28OSi. The Morgan fingerprint density at radius 2 is 1.44 bits per heavy atom. The predicted molar refractivity (Wildman–Crippen MR) is 83.3 cm³/mol. The molecule has 0 aromatic heterocycles. The van der Waals surface area contributed by atoms with E-state index >= 15 is 0 Å². The minimum atomic E-state index is -1.01. The molecule has 0 bridgehead atoms. The van der Waals surface area contributed by atoms with E-state index in [1.807, 2.05) is 0 Å². The van der Waals surface area contributed by atoms with Crippen molar-refractivity contribution in [1.82, 2.24) is 0 Å². The van der Waals surface area contributed by atoms with E-state index in [4.69, 9.17) is 4.74 Å². The molecule has 1 aromatic carbocycles. The number of aryl methyl sites for hydroxylation is 1. The molecular weight excluding hydrogens is 236 g/mol. The molecule has 0 fully saturated rings. The summed E-state index contributed by atoms with van der Waals surface area (Å²) in [5.74, 6) is 1.03. The second-order valence-electron chi connectivity index (χ2n) is 5.16.